The lowest BCUT2D eigenvalue weighted by Gasteiger charge is -2.28. The number of rotatable bonds is 4. The third kappa shape index (κ3) is 3.45. The molecule has 1 aliphatic rings. The van der Waals surface area contributed by atoms with Gasteiger partial charge in [-0.3, -0.25) is 4.79 Å². The van der Waals surface area contributed by atoms with E-state index in [-0.39, 0.29) is 11.9 Å². The molecule has 0 unspecified atom stereocenters. The number of ether oxygens (including phenoxy) is 1. The molecule has 0 aliphatic heterocycles. The lowest BCUT2D eigenvalue weighted by Crippen LogP contribution is -2.38. The summed E-state index contributed by atoms with van der Waals surface area (Å²) in [5, 5.41) is 4.76. The van der Waals surface area contributed by atoms with E-state index in [1.54, 1.807) is 7.11 Å². The van der Waals surface area contributed by atoms with E-state index in [0.29, 0.717) is 16.6 Å². The van der Waals surface area contributed by atoms with Gasteiger partial charge in [0.25, 0.3) is 5.91 Å². The van der Waals surface area contributed by atoms with Crippen molar-refractivity contribution in [3.05, 3.63) is 35.0 Å². The number of aromatic nitrogens is 1. The van der Waals surface area contributed by atoms with Gasteiger partial charge >= 0.3 is 0 Å². The number of hydrogen-bond acceptors (Lipinski definition) is 2. The maximum atomic E-state index is 12.4. The summed E-state index contributed by atoms with van der Waals surface area (Å²) in [5.41, 5.74) is 1.52. The third-order valence-electron chi connectivity index (χ3n) is 4.41. The highest BCUT2D eigenvalue weighted by Gasteiger charge is 2.23. The molecule has 4 nitrogen and oxygen atoms in total. The number of methoxy groups -OCH3 is 1. The second-order valence-corrected chi connectivity index (χ2v) is 6.50. The van der Waals surface area contributed by atoms with Crippen LogP contribution in [0.25, 0.3) is 10.9 Å². The molecule has 0 radical (unpaired) electrons. The molecule has 22 heavy (non-hydrogen) atoms. The van der Waals surface area contributed by atoms with E-state index in [2.05, 4.69) is 10.3 Å². The van der Waals surface area contributed by atoms with Gasteiger partial charge in [-0.2, -0.15) is 0 Å². The lowest BCUT2D eigenvalue weighted by atomic mass is 9.86. The number of nitrogens with one attached hydrogen (secondary N) is 2. The van der Waals surface area contributed by atoms with Gasteiger partial charge in [0, 0.05) is 35.7 Å². The molecule has 0 saturated heterocycles. The van der Waals surface area contributed by atoms with Gasteiger partial charge in [-0.1, -0.05) is 11.6 Å². The number of carbonyl (C=O) groups excluding carboxylic acids is 1. The molecule has 1 saturated carbocycles. The summed E-state index contributed by atoms with van der Waals surface area (Å²) in [5.74, 6) is 0.593. The van der Waals surface area contributed by atoms with Gasteiger partial charge in [-0.05, 0) is 55.9 Å². The molecule has 3 rings (SSSR count). The van der Waals surface area contributed by atoms with Crippen LogP contribution < -0.4 is 5.32 Å². The van der Waals surface area contributed by atoms with Crippen LogP contribution in [0.4, 0.5) is 0 Å². The predicted octanol–water partition coefficient (Wildman–Crippen LogP) is 3.76. The number of H-pyrrole nitrogens is 1. The fourth-order valence-electron chi connectivity index (χ4n) is 3.20. The quantitative estimate of drug-likeness (QED) is 0.901. The van der Waals surface area contributed by atoms with E-state index >= 15 is 0 Å². The molecule has 1 aliphatic carbocycles. The van der Waals surface area contributed by atoms with Crippen molar-refractivity contribution in [3.8, 4) is 0 Å². The lowest BCUT2D eigenvalue weighted by molar-refractivity contribution is 0.0894. The molecule has 1 aromatic heterocycles. The van der Waals surface area contributed by atoms with Crippen LogP contribution in [0.5, 0.6) is 0 Å². The molecule has 5 heteroatoms. The maximum absolute atomic E-state index is 12.4. The van der Waals surface area contributed by atoms with Crippen LogP contribution in [0.1, 0.15) is 36.2 Å². The van der Waals surface area contributed by atoms with Gasteiger partial charge in [0.2, 0.25) is 0 Å². The van der Waals surface area contributed by atoms with Gasteiger partial charge in [-0.15, -0.1) is 0 Å². The van der Waals surface area contributed by atoms with Crippen molar-refractivity contribution in [3.63, 3.8) is 0 Å². The Bertz CT molecular complexity index is 660. The normalized spacial score (nSPS) is 21.9. The van der Waals surface area contributed by atoms with Crippen LogP contribution in [0.2, 0.25) is 5.02 Å². The second-order valence-electron chi connectivity index (χ2n) is 6.06. The van der Waals surface area contributed by atoms with Crippen molar-refractivity contribution in [2.24, 2.45) is 5.92 Å². The Morgan fingerprint density at radius 2 is 2.09 bits per heavy atom. The van der Waals surface area contributed by atoms with Crippen molar-refractivity contribution in [1.82, 2.24) is 10.3 Å². The summed E-state index contributed by atoms with van der Waals surface area (Å²) in [4.78, 5) is 15.5. The van der Waals surface area contributed by atoms with E-state index in [1.807, 2.05) is 24.3 Å². The van der Waals surface area contributed by atoms with E-state index in [9.17, 15) is 4.79 Å². The fraction of sp³-hybridized carbons (Fsp3) is 0.471. The zero-order valence-corrected chi connectivity index (χ0v) is 13.5. The topological polar surface area (TPSA) is 54.1 Å². The zero-order chi connectivity index (χ0) is 15.5. The third-order valence-corrected chi connectivity index (χ3v) is 4.65. The highest BCUT2D eigenvalue weighted by Crippen LogP contribution is 2.25. The van der Waals surface area contributed by atoms with Crippen LogP contribution in [-0.2, 0) is 4.74 Å². The first-order valence-electron chi connectivity index (χ1n) is 7.74. The monoisotopic (exact) mass is 320 g/mol. The van der Waals surface area contributed by atoms with Crippen LogP contribution in [0, 0.1) is 5.92 Å². The number of benzene rings is 1. The summed E-state index contributed by atoms with van der Waals surface area (Å²) in [6.07, 6.45) is 4.26. The van der Waals surface area contributed by atoms with Gasteiger partial charge < -0.3 is 15.0 Å². The summed E-state index contributed by atoms with van der Waals surface area (Å²) in [7, 11) is 1.75. The molecular formula is C17H21ClN2O2. The van der Waals surface area contributed by atoms with E-state index in [1.165, 1.54) is 0 Å². The van der Waals surface area contributed by atoms with Gasteiger partial charge in [0.1, 0.15) is 5.69 Å². The number of hydrogen-bond donors (Lipinski definition) is 2. The molecule has 0 bridgehead atoms. The van der Waals surface area contributed by atoms with Crippen molar-refractivity contribution in [1.29, 1.82) is 0 Å². The van der Waals surface area contributed by atoms with Gasteiger partial charge in [-0.25, -0.2) is 0 Å². The molecule has 2 N–H and O–H groups in total. The number of amides is 1. The summed E-state index contributed by atoms with van der Waals surface area (Å²) < 4.78 is 5.21. The Hall–Kier alpha value is -1.52. The Balaban J connectivity index is 1.61. The molecule has 0 atom stereocenters. The van der Waals surface area contributed by atoms with Crippen molar-refractivity contribution >= 4 is 28.4 Å². The highest BCUT2D eigenvalue weighted by atomic mass is 35.5. The molecule has 1 fully saturated rings. The molecule has 1 heterocycles. The van der Waals surface area contributed by atoms with Crippen LogP contribution >= 0.6 is 11.6 Å². The molecule has 2 aromatic rings. The molecule has 118 valence electrons. The van der Waals surface area contributed by atoms with Crippen LogP contribution in [-0.4, -0.2) is 30.6 Å². The summed E-state index contributed by atoms with van der Waals surface area (Å²) in [6.45, 7) is 0.823. The molecule has 1 aromatic carbocycles. The van der Waals surface area contributed by atoms with Gasteiger partial charge in [0.15, 0.2) is 0 Å². The molecule has 1 amide bonds. The minimum Gasteiger partial charge on any atom is -0.384 e. The SMILES string of the molecule is COC[C@H]1CC[C@H](NC(=O)c2cc3cc(Cl)ccc3[nH]2)CC1. The minimum absolute atomic E-state index is 0.0393. The first-order chi connectivity index (χ1) is 10.7. The van der Waals surface area contributed by atoms with E-state index in [0.717, 1.165) is 43.2 Å². The van der Waals surface area contributed by atoms with Crippen molar-refractivity contribution < 1.29 is 9.53 Å². The van der Waals surface area contributed by atoms with Gasteiger partial charge in [0.05, 0.1) is 0 Å². The van der Waals surface area contributed by atoms with Crippen molar-refractivity contribution in [2.75, 3.05) is 13.7 Å². The first kappa shape index (κ1) is 15.4. The summed E-state index contributed by atoms with van der Waals surface area (Å²) >= 11 is 5.98. The Morgan fingerprint density at radius 3 is 2.82 bits per heavy atom. The number of halogens is 1. The Morgan fingerprint density at radius 1 is 1.32 bits per heavy atom. The van der Waals surface area contributed by atoms with Crippen LogP contribution in [0.3, 0.4) is 0 Å². The van der Waals surface area contributed by atoms with Crippen molar-refractivity contribution in [2.45, 2.75) is 31.7 Å². The Labute approximate surface area is 135 Å². The fourth-order valence-corrected chi connectivity index (χ4v) is 3.38. The highest BCUT2D eigenvalue weighted by molar-refractivity contribution is 6.31. The number of carbonyl (C=O) groups is 1. The molecule has 0 spiro atoms. The maximum Gasteiger partial charge on any atom is 0.267 e. The summed E-state index contributed by atoms with van der Waals surface area (Å²) in [6, 6.07) is 7.69. The smallest absolute Gasteiger partial charge is 0.267 e. The van der Waals surface area contributed by atoms with E-state index in [4.69, 9.17) is 16.3 Å². The number of fused-ring (bicyclic) bond motifs is 1. The average Bonchev–Trinajstić information content (AvgIpc) is 2.92. The first-order valence-corrected chi connectivity index (χ1v) is 8.11. The average molecular weight is 321 g/mol. The standard InChI is InChI=1S/C17H21ClN2O2/c1-22-10-11-2-5-14(6-3-11)19-17(21)16-9-12-8-13(18)4-7-15(12)20-16/h4,7-9,11,14,20H,2-3,5-6,10H2,1H3,(H,19,21)/t11-,14-. The Kier molecular flexibility index (Phi) is 4.69. The second kappa shape index (κ2) is 6.71. The molecular weight excluding hydrogens is 300 g/mol. The largest absolute Gasteiger partial charge is 0.384 e. The van der Waals surface area contributed by atoms with E-state index < -0.39 is 0 Å². The van der Waals surface area contributed by atoms with Crippen LogP contribution in [0.15, 0.2) is 24.3 Å². The zero-order valence-electron chi connectivity index (χ0n) is 12.7. The number of aromatic amines is 1. The minimum atomic E-state index is -0.0393. The predicted molar refractivity (Wildman–Crippen MR) is 88.4 cm³/mol.